The van der Waals surface area contributed by atoms with E-state index in [1.54, 1.807) is 0 Å². The fourth-order valence-corrected chi connectivity index (χ4v) is 1.03. The maximum Gasteiger partial charge on any atom is 1.00 e. The summed E-state index contributed by atoms with van der Waals surface area (Å²) in [4.78, 5) is 0.254. The molecule has 54 valence electrons. The van der Waals surface area contributed by atoms with Crippen LogP contribution in [-0.4, -0.2) is 8.76 Å². The van der Waals surface area contributed by atoms with Crippen LogP contribution in [0.5, 0.6) is 0 Å². The summed E-state index contributed by atoms with van der Waals surface area (Å²) in [5, 5.41) is 0.536. The van der Waals surface area contributed by atoms with Gasteiger partial charge in [-0.1, -0.05) is 11.6 Å². The fraction of sp³-hybridized carbons (Fsp3) is 0. The van der Waals surface area contributed by atoms with Crippen molar-refractivity contribution in [2.45, 2.75) is 4.90 Å². The van der Waals surface area contributed by atoms with E-state index >= 15 is 0 Å². The van der Waals surface area contributed by atoms with Crippen molar-refractivity contribution < 1.29 is 38.3 Å². The molecular formula is C6H4ClNaO2S. The fourth-order valence-electron chi connectivity index (χ4n) is 0.546. The molecule has 0 aromatic heterocycles. The van der Waals surface area contributed by atoms with Gasteiger partial charge in [0.05, 0.1) is 0 Å². The van der Waals surface area contributed by atoms with Crippen LogP contribution >= 0.6 is 11.6 Å². The molecule has 0 aliphatic heterocycles. The molecule has 1 unspecified atom stereocenters. The van der Waals surface area contributed by atoms with Crippen molar-refractivity contribution in [2.75, 3.05) is 0 Å². The van der Waals surface area contributed by atoms with Crippen LogP contribution in [-0.2, 0) is 11.1 Å². The first kappa shape index (κ1) is 11.6. The van der Waals surface area contributed by atoms with Crippen LogP contribution in [0.3, 0.4) is 0 Å². The van der Waals surface area contributed by atoms with Crippen LogP contribution in [0.2, 0.25) is 5.02 Å². The third-order valence-electron chi connectivity index (χ3n) is 1.01. The number of benzene rings is 1. The molecule has 0 radical (unpaired) electrons. The topological polar surface area (TPSA) is 40.1 Å². The van der Waals surface area contributed by atoms with Crippen LogP contribution in [0.15, 0.2) is 29.2 Å². The number of hydrogen-bond donors (Lipinski definition) is 0. The predicted octanol–water partition coefficient (Wildman–Crippen LogP) is -1.42. The van der Waals surface area contributed by atoms with E-state index in [-0.39, 0.29) is 34.5 Å². The van der Waals surface area contributed by atoms with Crippen LogP contribution in [0, 0.1) is 0 Å². The Morgan fingerprint density at radius 3 is 2.09 bits per heavy atom. The van der Waals surface area contributed by atoms with Crippen molar-refractivity contribution >= 4 is 22.7 Å². The van der Waals surface area contributed by atoms with Crippen LogP contribution in [0.1, 0.15) is 0 Å². The van der Waals surface area contributed by atoms with Gasteiger partial charge in [-0.3, -0.25) is 4.21 Å². The average Bonchev–Trinajstić information content (AvgIpc) is 1.88. The SMILES string of the molecule is O=S([O-])c1ccc(Cl)cc1.[Na+]. The molecule has 1 rings (SSSR count). The molecule has 1 aromatic carbocycles. The molecule has 0 aliphatic carbocycles. The first-order valence-electron chi connectivity index (χ1n) is 2.55. The Morgan fingerprint density at radius 2 is 1.73 bits per heavy atom. The van der Waals surface area contributed by atoms with Crippen molar-refractivity contribution in [1.82, 2.24) is 0 Å². The van der Waals surface area contributed by atoms with E-state index in [4.69, 9.17) is 11.6 Å². The van der Waals surface area contributed by atoms with Gasteiger partial charge in [-0.05, 0) is 35.3 Å². The Morgan fingerprint density at radius 1 is 1.27 bits per heavy atom. The summed E-state index contributed by atoms with van der Waals surface area (Å²) in [6.07, 6.45) is 0. The van der Waals surface area contributed by atoms with Gasteiger partial charge in [0.15, 0.2) is 0 Å². The second-order valence-corrected chi connectivity index (χ2v) is 3.07. The van der Waals surface area contributed by atoms with E-state index in [0.717, 1.165) is 0 Å². The normalized spacial score (nSPS) is 11.8. The Bertz CT molecular complexity index is 249. The largest absolute Gasteiger partial charge is 1.00 e. The molecule has 11 heavy (non-hydrogen) atoms. The summed E-state index contributed by atoms with van der Waals surface area (Å²) in [5.74, 6) is 0. The Kier molecular flexibility index (Phi) is 5.60. The summed E-state index contributed by atoms with van der Waals surface area (Å²) < 4.78 is 20.5. The molecule has 0 amide bonds. The molecule has 0 spiro atoms. The summed E-state index contributed by atoms with van der Waals surface area (Å²) in [7, 11) is 0. The molecule has 0 saturated carbocycles. The Labute approximate surface area is 94.5 Å². The standard InChI is InChI=1S/C6H5ClO2S.Na/c7-5-1-3-6(4-2-5)10(8)9;/h1-4H,(H,8,9);/q;+1/p-1. The van der Waals surface area contributed by atoms with E-state index in [1.807, 2.05) is 0 Å². The minimum atomic E-state index is -2.15. The van der Waals surface area contributed by atoms with Gasteiger partial charge in [0.25, 0.3) is 0 Å². The Hall–Kier alpha value is 0.620. The second kappa shape index (κ2) is 5.30. The first-order chi connectivity index (χ1) is 4.70. The van der Waals surface area contributed by atoms with E-state index in [1.165, 1.54) is 24.3 Å². The summed E-state index contributed by atoms with van der Waals surface area (Å²) in [5.41, 5.74) is 0. The average molecular weight is 199 g/mol. The number of halogens is 1. The van der Waals surface area contributed by atoms with Crippen molar-refractivity contribution in [2.24, 2.45) is 0 Å². The van der Waals surface area contributed by atoms with Gasteiger partial charge in [-0.15, -0.1) is 0 Å². The monoisotopic (exact) mass is 198 g/mol. The third kappa shape index (κ3) is 3.69. The molecule has 0 saturated heterocycles. The summed E-state index contributed by atoms with van der Waals surface area (Å²) in [6, 6.07) is 5.97. The molecule has 5 heteroatoms. The van der Waals surface area contributed by atoms with Gasteiger partial charge in [0.1, 0.15) is 0 Å². The molecule has 0 aliphatic rings. The zero-order valence-electron chi connectivity index (χ0n) is 5.91. The minimum Gasteiger partial charge on any atom is -0.768 e. The van der Waals surface area contributed by atoms with Gasteiger partial charge < -0.3 is 4.55 Å². The molecule has 1 atom stereocenters. The van der Waals surface area contributed by atoms with Crippen LogP contribution < -0.4 is 29.6 Å². The minimum absolute atomic E-state index is 0. The summed E-state index contributed by atoms with van der Waals surface area (Å²) >= 11 is 3.37. The van der Waals surface area contributed by atoms with Crippen molar-refractivity contribution in [3.8, 4) is 0 Å². The summed E-state index contributed by atoms with van der Waals surface area (Å²) in [6.45, 7) is 0. The van der Waals surface area contributed by atoms with Gasteiger partial charge in [0, 0.05) is 9.92 Å². The molecule has 0 fully saturated rings. The van der Waals surface area contributed by atoms with Gasteiger partial charge in [-0.25, -0.2) is 0 Å². The zero-order valence-corrected chi connectivity index (χ0v) is 9.48. The Balaban J connectivity index is 0.000001000. The van der Waals surface area contributed by atoms with E-state index in [9.17, 15) is 8.76 Å². The molecule has 0 heterocycles. The van der Waals surface area contributed by atoms with Crippen molar-refractivity contribution in [3.05, 3.63) is 29.3 Å². The maximum atomic E-state index is 10.3. The number of rotatable bonds is 1. The van der Waals surface area contributed by atoms with Crippen molar-refractivity contribution in [3.63, 3.8) is 0 Å². The molecule has 0 N–H and O–H groups in total. The van der Waals surface area contributed by atoms with Crippen LogP contribution in [0.4, 0.5) is 0 Å². The smallest absolute Gasteiger partial charge is 0.768 e. The molecular weight excluding hydrogens is 195 g/mol. The second-order valence-electron chi connectivity index (χ2n) is 1.69. The number of hydrogen-bond acceptors (Lipinski definition) is 2. The third-order valence-corrected chi connectivity index (χ3v) is 1.92. The predicted molar refractivity (Wildman–Crippen MR) is 38.6 cm³/mol. The first-order valence-corrected chi connectivity index (χ1v) is 4.00. The molecule has 0 bridgehead atoms. The van der Waals surface area contributed by atoms with Crippen LogP contribution in [0.25, 0.3) is 0 Å². The maximum absolute atomic E-state index is 10.3. The van der Waals surface area contributed by atoms with E-state index in [2.05, 4.69) is 0 Å². The van der Waals surface area contributed by atoms with Gasteiger partial charge >= 0.3 is 29.6 Å². The zero-order chi connectivity index (χ0) is 7.56. The molecule has 2 nitrogen and oxygen atoms in total. The van der Waals surface area contributed by atoms with E-state index in [0.29, 0.717) is 5.02 Å². The molecule has 1 aromatic rings. The van der Waals surface area contributed by atoms with Gasteiger partial charge in [0.2, 0.25) is 0 Å². The van der Waals surface area contributed by atoms with Gasteiger partial charge in [-0.2, -0.15) is 0 Å². The van der Waals surface area contributed by atoms with Crippen molar-refractivity contribution in [1.29, 1.82) is 0 Å². The van der Waals surface area contributed by atoms with E-state index < -0.39 is 11.1 Å². The quantitative estimate of drug-likeness (QED) is 0.411.